The molecule has 8 heteroatoms. The highest BCUT2D eigenvalue weighted by atomic mass is 32.2. The third-order valence-electron chi connectivity index (χ3n) is 5.59. The van der Waals surface area contributed by atoms with Gasteiger partial charge in [-0.15, -0.1) is 23.1 Å². The maximum atomic E-state index is 12.5. The van der Waals surface area contributed by atoms with E-state index in [9.17, 15) is 14.4 Å². The Labute approximate surface area is 188 Å². The summed E-state index contributed by atoms with van der Waals surface area (Å²) < 4.78 is 1.16. The van der Waals surface area contributed by atoms with Crippen LogP contribution in [0.5, 0.6) is 0 Å². The number of nitrogens with zero attached hydrogens (tertiary/aromatic N) is 1. The lowest BCUT2D eigenvalue weighted by Gasteiger charge is -2.35. The number of hydrogen-bond donors (Lipinski definition) is 2. The number of thioether (sulfide) groups is 1. The van der Waals surface area contributed by atoms with Crippen LogP contribution in [0.1, 0.15) is 36.8 Å². The third-order valence-corrected chi connectivity index (χ3v) is 7.75. The summed E-state index contributed by atoms with van der Waals surface area (Å²) in [4.78, 5) is 40.9. The van der Waals surface area contributed by atoms with E-state index in [0.29, 0.717) is 36.5 Å². The summed E-state index contributed by atoms with van der Waals surface area (Å²) in [7, 11) is 0. The predicted octanol–water partition coefficient (Wildman–Crippen LogP) is 4.25. The van der Waals surface area contributed by atoms with E-state index in [1.807, 2.05) is 49.4 Å². The van der Waals surface area contributed by atoms with Crippen molar-refractivity contribution >= 4 is 56.7 Å². The van der Waals surface area contributed by atoms with Gasteiger partial charge in [0.05, 0.1) is 21.4 Å². The summed E-state index contributed by atoms with van der Waals surface area (Å²) in [6, 6.07) is 15.4. The molecule has 160 valence electrons. The van der Waals surface area contributed by atoms with Gasteiger partial charge in [0.25, 0.3) is 0 Å². The van der Waals surface area contributed by atoms with Gasteiger partial charge in [0.2, 0.25) is 17.7 Å². The summed E-state index contributed by atoms with van der Waals surface area (Å²) >= 11 is 3.18. The summed E-state index contributed by atoms with van der Waals surface area (Å²) in [6.07, 6.45) is 1.45. The molecule has 0 bridgehead atoms. The number of benzene rings is 2. The molecule has 2 N–H and O–H groups in total. The molecule has 1 aliphatic rings. The number of carbonyl (C=O) groups is 3. The molecule has 1 atom stereocenters. The summed E-state index contributed by atoms with van der Waals surface area (Å²) in [5.41, 5.74) is 1.86. The standard InChI is InChI=1S/C23H23N3O3S2/c1-2-23(12-11-19(27)26-22(23)29)15-7-9-16(10-8-15)24-20(28)13-30-14-21-25-17-5-3-4-6-18(17)31-21/h3-10H,2,11-14H2,1H3,(H,24,28)(H,26,27,29). The number of para-hydroxylation sites is 1. The Bertz CT molecular complexity index is 1090. The van der Waals surface area contributed by atoms with Crippen molar-refractivity contribution in [3.05, 3.63) is 59.1 Å². The van der Waals surface area contributed by atoms with Gasteiger partial charge in [-0.05, 0) is 42.7 Å². The maximum absolute atomic E-state index is 12.5. The first-order valence-electron chi connectivity index (χ1n) is 10.2. The highest BCUT2D eigenvalue weighted by Gasteiger charge is 2.42. The Balaban J connectivity index is 1.32. The van der Waals surface area contributed by atoms with E-state index in [2.05, 4.69) is 21.7 Å². The van der Waals surface area contributed by atoms with E-state index in [4.69, 9.17) is 0 Å². The number of nitrogens with one attached hydrogen (secondary N) is 2. The monoisotopic (exact) mass is 453 g/mol. The number of anilines is 1. The summed E-state index contributed by atoms with van der Waals surface area (Å²) in [5.74, 6) is 0.486. The van der Waals surface area contributed by atoms with Crippen molar-refractivity contribution in [2.45, 2.75) is 37.4 Å². The number of hydrogen-bond acceptors (Lipinski definition) is 6. The predicted molar refractivity (Wildman–Crippen MR) is 125 cm³/mol. The van der Waals surface area contributed by atoms with E-state index >= 15 is 0 Å². The van der Waals surface area contributed by atoms with Crippen LogP contribution in [0.2, 0.25) is 0 Å². The molecule has 0 spiro atoms. The molecular formula is C23H23N3O3S2. The Kier molecular flexibility index (Phi) is 6.38. The lowest BCUT2D eigenvalue weighted by molar-refractivity contribution is -0.138. The number of carbonyl (C=O) groups excluding carboxylic acids is 3. The first-order chi connectivity index (χ1) is 15.0. The molecule has 31 heavy (non-hydrogen) atoms. The molecule has 6 nitrogen and oxygen atoms in total. The Morgan fingerprint density at radius 3 is 2.68 bits per heavy atom. The molecule has 3 aromatic rings. The van der Waals surface area contributed by atoms with E-state index in [-0.39, 0.29) is 17.7 Å². The van der Waals surface area contributed by atoms with Crippen LogP contribution in [0.15, 0.2) is 48.5 Å². The van der Waals surface area contributed by atoms with Crippen LogP contribution >= 0.6 is 23.1 Å². The maximum Gasteiger partial charge on any atom is 0.237 e. The van der Waals surface area contributed by atoms with Crippen molar-refractivity contribution in [3.63, 3.8) is 0 Å². The first-order valence-corrected chi connectivity index (χ1v) is 12.1. The molecular weight excluding hydrogens is 430 g/mol. The second-order valence-corrected chi connectivity index (χ2v) is 9.61. The average molecular weight is 454 g/mol. The van der Waals surface area contributed by atoms with Gasteiger partial charge in [-0.3, -0.25) is 19.7 Å². The van der Waals surface area contributed by atoms with Gasteiger partial charge in [-0.2, -0.15) is 0 Å². The van der Waals surface area contributed by atoms with Gasteiger partial charge in [-0.1, -0.05) is 31.2 Å². The number of piperidine rings is 1. The zero-order valence-corrected chi connectivity index (χ0v) is 18.8. The highest BCUT2D eigenvalue weighted by Crippen LogP contribution is 2.36. The van der Waals surface area contributed by atoms with Crippen LogP contribution in [-0.2, 0) is 25.6 Å². The Morgan fingerprint density at radius 2 is 1.97 bits per heavy atom. The van der Waals surface area contributed by atoms with Crippen molar-refractivity contribution < 1.29 is 14.4 Å². The lowest BCUT2D eigenvalue weighted by Crippen LogP contribution is -2.51. The second kappa shape index (κ2) is 9.20. The molecule has 1 aliphatic heterocycles. The average Bonchev–Trinajstić information content (AvgIpc) is 3.18. The molecule has 0 radical (unpaired) electrons. The van der Waals surface area contributed by atoms with Gasteiger partial charge in [0.1, 0.15) is 5.01 Å². The van der Waals surface area contributed by atoms with Crippen LogP contribution in [0, 0.1) is 0 Å². The van der Waals surface area contributed by atoms with Crippen LogP contribution in [0.3, 0.4) is 0 Å². The van der Waals surface area contributed by atoms with Crippen molar-refractivity contribution in [3.8, 4) is 0 Å². The quantitative estimate of drug-likeness (QED) is 0.522. The van der Waals surface area contributed by atoms with Crippen LogP contribution in [0.4, 0.5) is 5.69 Å². The van der Waals surface area contributed by atoms with Gasteiger partial charge < -0.3 is 5.32 Å². The first kappa shape index (κ1) is 21.5. The van der Waals surface area contributed by atoms with E-state index < -0.39 is 5.41 Å². The molecule has 1 aromatic heterocycles. The molecule has 0 aliphatic carbocycles. The normalized spacial score (nSPS) is 18.7. The van der Waals surface area contributed by atoms with Crippen molar-refractivity contribution in [2.24, 2.45) is 0 Å². The SMILES string of the molecule is CCC1(c2ccc(NC(=O)CSCc3nc4ccccc4s3)cc2)CCC(=O)NC1=O. The van der Waals surface area contributed by atoms with Crippen LogP contribution < -0.4 is 10.6 Å². The van der Waals surface area contributed by atoms with Crippen molar-refractivity contribution in [1.82, 2.24) is 10.3 Å². The highest BCUT2D eigenvalue weighted by molar-refractivity contribution is 7.99. The fraction of sp³-hybridized carbons (Fsp3) is 0.304. The van der Waals surface area contributed by atoms with Gasteiger partial charge in [0, 0.05) is 17.9 Å². The molecule has 2 heterocycles. The number of imide groups is 1. The topological polar surface area (TPSA) is 88.2 Å². The zero-order chi connectivity index (χ0) is 21.8. The summed E-state index contributed by atoms with van der Waals surface area (Å²) in [5, 5.41) is 6.37. The van der Waals surface area contributed by atoms with Gasteiger partial charge >= 0.3 is 0 Å². The fourth-order valence-electron chi connectivity index (χ4n) is 3.85. The minimum atomic E-state index is -0.691. The lowest BCUT2D eigenvalue weighted by atomic mass is 9.72. The molecule has 4 rings (SSSR count). The number of fused-ring (bicyclic) bond motifs is 1. The largest absolute Gasteiger partial charge is 0.325 e. The Hall–Kier alpha value is -2.71. The minimum Gasteiger partial charge on any atom is -0.325 e. The summed E-state index contributed by atoms with van der Waals surface area (Å²) in [6.45, 7) is 1.95. The molecule has 1 saturated heterocycles. The fourth-order valence-corrected chi connectivity index (χ4v) is 5.70. The number of rotatable bonds is 7. The number of thiazole rings is 1. The smallest absolute Gasteiger partial charge is 0.237 e. The number of aromatic nitrogens is 1. The van der Waals surface area contributed by atoms with Crippen LogP contribution in [-0.4, -0.2) is 28.5 Å². The third kappa shape index (κ3) is 4.65. The van der Waals surface area contributed by atoms with Crippen molar-refractivity contribution in [1.29, 1.82) is 0 Å². The van der Waals surface area contributed by atoms with E-state index in [1.165, 1.54) is 11.8 Å². The van der Waals surface area contributed by atoms with E-state index in [1.54, 1.807) is 11.3 Å². The second-order valence-electron chi connectivity index (χ2n) is 7.51. The van der Waals surface area contributed by atoms with Crippen LogP contribution in [0.25, 0.3) is 10.2 Å². The zero-order valence-electron chi connectivity index (χ0n) is 17.1. The van der Waals surface area contributed by atoms with Gasteiger partial charge in [-0.25, -0.2) is 4.98 Å². The van der Waals surface area contributed by atoms with Crippen molar-refractivity contribution in [2.75, 3.05) is 11.1 Å². The molecule has 0 saturated carbocycles. The molecule has 2 aromatic carbocycles. The van der Waals surface area contributed by atoms with E-state index in [0.717, 1.165) is 20.8 Å². The number of amides is 3. The molecule has 3 amide bonds. The molecule has 1 unspecified atom stereocenters. The van der Waals surface area contributed by atoms with Gasteiger partial charge in [0.15, 0.2) is 0 Å². The minimum absolute atomic E-state index is 0.0786. The molecule has 1 fully saturated rings. The Morgan fingerprint density at radius 1 is 1.19 bits per heavy atom.